The standard InChI is InChI=1S/C16H22N4O2/c1-2-8-20-14(18-13-4-3-7-17-16(13)20)5-6-15(21)19-9-11-22-12-10-19/h3-4,7H,2,5-6,8-12H2,1H3. The smallest absolute Gasteiger partial charge is 0.223 e. The number of rotatable bonds is 5. The Kier molecular flexibility index (Phi) is 4.68. The number of hydrogen-bond acceptors (Lipinski definition) is 4. The van der Waals surface area contributed by atoms with E-state index in [0.717, 1.165) is 30.0 Å². The van der Waals surface area contributed by atoms with Gasteiger partial charge < -0.3 is 14.2 Å². The highest BCUT2D eigenvalue weighted by molar-refractivity contribution is 5.77. The molecule has 0 spiro atoms. The second-order valence-corrected chi connectivity index (χ2v) is 5.52. The molecule has 1 fully saturated rings. The van der Waals surface area contributed by atoms with Crippen LogP contribution in [0, 0.1) is 0 Å². The van der Waals surface area contributed by atoms with Gasteiger partial charge in [-0.2, -0.15) is 0 Å². The molecule has 0 atom stereocenters. The van der Waals surface area contributed by atoms with Crippen LogP contribution < -0.4 is 0 Å². The lowest BCUT2D eigenvalue weighted by molar-refractivity contribution is -0.135. The van der Waals surface area contributed by atoms with Crippen LogP contribution in [0.5, 0.6) is 0 Å². The Hall–Kier alpha value is -1.95. The van der Waals surface area contributed by atoms with E-state index in [1.165, 1.54) is 0 Å². The zero-order valence-corrected chi connectivity index (χ0v) is 13.0. The highest BCUT2D eigenvalue weighted by Gasteiger charge is 2.18. The minimum absolute atomic E-state index is 0.186. The van der Waals surface area contributed by atoms with Crippen LogP contribution >= 0.6 is 0 Å². The number of hydrogen-bond donors (Lipinski definition) is 0. The van der Waals surface area contributed by atoms with Crippen LogP contribution in [-0.2, 0) is 22.5 Å². The van der Waals surface area contributed by atoms with Gasteiger partial charge in [0.15, 0.2) is 5.65 Å². The Morgan fingerprint density at radius 2 is 2.18 bits per heavy atom. The number of amides is 1. The van der Waals surface area contributed by atoms with E-state index in [4.69, 9.17) is 4.74 Å². The Labute approximate surface area is 130 Å². The molecule has 6 heteroatoms. The average Bonchev–Trinajstić information content (AvgIpc) is 2.92. The van der Waals surface area contributed by atoms with E-state index in [1.807, 2.05) is 17.0 Å². The number of carbonyl (C=O) groups excluding carboxylic acids is 1. The summed E-state index contributed by atoms with van der Waals surface area (Å²) in [6.07, 6.45) is 3.96. The minimum atomic E-state index is 0.186. The quantitative estimate of drug-likeness (QED) is 0.842. The van der Waals surface area contributed by atoms with Crippen LogP contribution in [0.1, 0.15) is 25.6 Å². The number of morpholine rings is 1. The van der Waals surface area contributed by atoms with Crippen molar-refractivity contribution in [3.8, 4) is 0 Å². The van der Waals surface area contributed by atoms with Crippen molar-refractivity contribution >= 4 is 17.1 Å². The molecular weight excluding hydrogens is 280 g/mol. The molecule has 3 heterocycles. The number of carbonyl (C=O) groups is 1. The molecular formula is C16H22N4O2. The SMILES string of the molecule is CCCn1c(CCC(=O)N2CCOCC2)nc2cccnc21. The summed E-state index contributed by atoms with van der Waals surface area (Å²) in [5, 5.41) is 0. The summed E-state index contributed by atoms with van der Waals surface area (Å²) in [6, 6.07) is 3.87. The van der Waals surface area contributed by atoms with Gasteiger partial charge in [-0.05, 0) is 18.6 Å². The Balaban J connectivity index is 1.72. The van der Waals surface area contributed by atoms with Crippen LogP contribution in [-0.4, -0.2) is 51.6 Å². The molecule has 3 rings (SSSR count). The Bertz CT molecular complexity index is 647. The number of aryl methyl sites for hydroxylation is 2. The molecule has 118 valence electrons. The van der Waals surface area contributed by atoms with Gasteiger partial charge in [-0.15, -0.1) is 0 Å². The summed E-state index contributed by atoms with van der Waals surface area (Å²) in [6.45, 7) is 5.71. The average molecular weight is 302 g/mol. The van der Waals surface area contributed by atoms with Crippen molar-refractivity contribution in [3.05, 3.63) is 24.2 Å². The number of imidazole rings is 1. The van der Waals surface area contributed by atoms with E-state index >= 15 is 0 Å². The van der Waals surface area contributed by atoms with Crippen LogP contribution in [0.3, 0.4) is 0 Å². The molecule has 0 radical (unpaired) electrons. The maximum atomic E-state index is 12.3. The third kappa shape index (κ3) is 3.11. The van der Waals surface area contributed by atoms with Gasteiger partial charge in [0.25, 0.3) is 0 Å². The van der Waals surface area contributed by atoms with Crippen molar-refractivity contribution in [2.45, 2.75) is 32.7 Å². The number of nitrogens with zero attached hydrogens (tertiary/aromatic N) is 4. The lowest BCUT2D eigenvalue weighted by Gasteiger charge is -2.26. The Morgan fingerprint density at radius 3 is 2.95 bits per heavy atom. The molecule has 0 aromatic carbocycles. The summed E-state index contributed by atoms with van der Waals surface area (Å²) >= 11 is 0. The first-order chi connectivity index (χ1) is 10.8. The maximum absolute atomic E-state index is 12.3. The van der Waals surface area contributed by atoms with Crippen LogP contribution in [0.25, 0.3) is 11.2 Å². The predicted molar refractivity (Wildman–Crippen MR) is 83.5 cm³/mol. The molecule has 0 bridgehead atoms. The molecule has 0 N–H and O–H groups in total. The van der Waals surface area contributed by atoms with Crippen molar-refractivity contribution in [1.82, 2.24) is 19.4 Å². The number of pyridine rings is 1. The van der Waals surface area contributed by atoms with Gasteiger partial charge in [-0.1, -0.05) is 6.92 Å². The van der Waals surface area contributed by atoms with Gasteiger partial charge in [0.1, 0.15) is 11.3 Å². The van der Waals surface area contributed by atoms with E-state index in [1.54, 1.807) is 6.20 Å². The zero-order valence-electron chi connectivity index (χ0n) is 13.0. The molecule has 0 aliphatic carbocycles. The Morgan fingerprint density at radius 1 is 1.36 bits per heavy atom. The third-order valence-corrected chi connectivity index (χ3v) is 3.96. The molecule has 1 aliphatic heterocycles. The lowest BCUT2D eigenvalue weighted by Crippen LogP contribution is -2.40. The highest BCUT2D eigenvalue weighted by Crippen LogP contribution is 2.16. The monoisotopic (exact) mass is 302 g/mol. The summed E-state index contributed by atoms with van der Waals surface area (Å²) in [5.74, 6) is 1.14. The fourth-order valence-corrected chi connectivity index (χ4v) is 2.84. The second-order valence-electron chi connectivity index (χ2n) is 5.52. The first-order valence-corrected chi connectivity index (χ1v) is 7.95. The summed E-state index contributed by atoms with van der Waals surface area (Å²) in [5.41, 5.74) is 1.82. The molecule has 0 unspecified atom stereocenters. The molecule has 6 nitrogen and oxygen atoms in total. The second kappa shape index (κ2) is 6.87. The lowest BCUT2D eigenvalue weighted by atomic mass is 10.2. The van der Waals surface area contributed by atoms with E-state index in [2.05, 4.69) is 21.5 Å². The summed E-state index contributed by atoms with van der Waals surface area (Å²) < 4.78 is 7.43. The van der Waals surface area contributed by atoms with Gasteiger partial charge in [-0.25, -0.2) is 9.97 Å². The molecule has 1 aliphatic rings. The molecule has 0 saturated carbocycles. The van der Waals surface area contributed by atoms with E-state index in [-0.39, 0.29) is 5.91 Å². The first-order valence-electron chi connectivity index (χ1n) is 7.95. The normalized spacial score (nSPS) is 15.4. The first kappa shape index (κ1) is 15.0. The number of fused-ring (bicyclic) bond motifs is 1. The molecule has 1 saturated heterocycles. The molecule has 2 aromatic heterocycles. The van der Waals surface area contributed by atoms with Gasteiger partial charge in [0.05, 0.1) is 13.2 Å². The maximum Gasteiger partial charge on any atom is 0.223 e. The van der Waals surface area contributed by atoms with Crippen LogP contribution in [0.4, 0.5) is 0 Å². The zero-order chi connectivity index (χ0) is 15.4. The van der Waals surface area contributed by atoms with Crippen molar-refractivity contribution in [2.75, 3.05) is 26.3 Å². The van der Waals surface area contributed by atoms with E-state index in [0.29, 0.717) is 39.1 Å². The third-order valence-electron chi connectivity index (χ3n) is 3.96. The topological polar surface area (TPSA) is 60.2 Å². The largest absolute Gasteiger partial charge is 0.378 e. The van der Waals surface area contributed by atoms with E-state index < -0.39 is 0 Å². The van der Waals surface area contributed by atoms with Gasteiger partial charge in [0.2, 0.25) is 5.91 Å². The van der Waals surface area contributed by atoms with Crippen molar-refractivity contribution in [2.24, 2.45) is 0 Å². The van der Waals surface area contributed by atoms with E-state index in [9.17, 15) is 4.79 Å². The number of aromatic nitrogens is 3. The molecule has 2 aromatic rings. The van der Waals surface area contributed by atoms with Crippen LogP contribution in [0.15, 0.2) is 18.3 Å². The number of ether oxygens (including phenoxy) is 1. The van der Waals surface area contributed by atoms with Crippen LogP contribution in [0.2, 0.25) is 0 Å². The minimum Gasteiger partial charge on any atom is -0.378 e. The summed E-state index contributed by atoms with van der Waals surface area (Å²) in [7, 11) is 0. The highest BCUT2D eigenvalue weighted by atomic mass is 16.5. The predicted octanol–water partition coefficient (Wildman–Crippen LogP) is 1.63. The fraction of sp³-hybridized carbons (Fsp3) is 0.562. The summed E-state index contributed by atoms with van der Waals surface area (Å²) in [4.78, 5) is 23.2. The fourth-order valence-electron chi connectivity index (χ4n) is 2.84. The van der Waals surface area contributed by atoms with Crippen molar-refractivity contribution < 1.29 is 9.53 Å². The van der Waals surface area contributed by atoms with Gasteiger partial charge in [-0.3, -0.25) is 4.79 Å². The van der Waals surface area contributed by atoms with Crippen molar-refractivity contribution in [3.63, 3.8) is 0 Å². The molecule has 22 heavy (non-hydrogen) atoms. The van der Waals surface area contributed by atoms with Gasteiger partial charge in [0, 0.05) is 38.7 Å². The molecule has 1 amide bonds. The van der Waals surface area contributed by atoms with Gasteiger partial charge >= 0.3 is 0 Å². The van der Waals surface area contributed by atoms with Crippen molar-refractivity contribution in [1.29, 1.82) is 0 Å².